The summed E-state index contributed by atoms with van der Waals surface area (Å²) in [5.74, 6) is 0.0125. The van der Waals surface area contributed by atoms with E-state index in [1.165, 1.54) is 0 Å². The zero-order valence-electron chi connectivity index (χ0n) is 10.4. The molecule has 1 rings (SSSR count). The molecule has 0 spiro atoms. The van der Waals surface area contributed by atoms with Gasteiger partial charge in [0.15, 0.2) is 0 Å². The zero-order chi connectivity index (χ0) is 12.7. The molecule has 94 valence electrons. The molecule has 0 aliphatic heterocycles. The van der Waals surface area contributed by atoms with Crippen LogP contribution >= 0.6 is 0 Å². The summed E-state index contributed by atoms with van der Waals surface area (Å²) in [6.45, 7) is 6.15. The van der Waals surface area contributed by atoms with Gasteiger partial charge in [0.1, 0.15) is 5.75 Å². The third-order valence-corrected chi connectivity index (χ3v) is 2.56. The van der Waals surface area contributed by atoms with E-state index < -0.39 is 0 Å². The van der Waals surface area contributed by atoms with Crippen molar-refractivity contribution >= 4 is 5.91 Å². The Morgan fingerprint density at radius 1 is 1.29 bits per heavy atom. The number of aromatic hydroxyl groups is 1. The minimum atomic E-state index is -0.142. The molecule has 0 unspecified atom stereocenters. The minimum Gasteiger partial charge on any atom is -0.508 e. The number of rotatable bonds is 6. The molecule has 0 aliphatic carbocycles. The van der Waals surface area contributed by atoms with Gasteiger partial charge in [-0.1, -0.05) is 13.0 Å². The van der Waals surface area contributed by atoms with E-state index in [0.29, 0.717) is 17.7 Å². The fourth-order valence-electron chi connectivity index (χ4n) is 1.53. The van der Waals surface area contributed by atoms with E-state index in [1.807, 2.05) is 0 Å². The normalized spacial score (nSPS) is 10.2. The van der Waals surface area contributed by atoms with Crippen LogP contribution in [0.2, 0.25) is 0 Å². The molecule has 1 amide bonds. The van der Waals surface area contributed by atoms with E-state index in [-0.39, 0.29) is 11.7 Å². The van der Waals surface area contributed by atoms with Gasteiger partial charge >= 0.3 is 0 Å². The molecular weight excluding hydrogens is 216 g/mol. The Balaban J connectivity index is 2.44. The molecule has 0 fully saturated rings. The van der Waals surface area contributed by atoms with Crippen LogP contribution in [-0.2, 0) is 0 Å². The van der Waals surface area contributed by atoms with Crippen molar-refractivity contribution in [1.82, 2.24) is 10.6 Å². The lowest BCUT2D eigenvalue weighted by molar-refractivity contribution is 0.0953. The number of phenolic OH excluding ortho intramolecular Hbond substituents is 1. The van der Waals surface area contributed by atoms with Crippen LogP contribution in [0, 0.1) is 6.92 Å². The Labute approximate surface area is 102 Å². The van der Waals surface area contributed by atoms with Gasteiger partial charge in [-0.2, -0.15) is 0 Å². The number of benzene rings is 1. The lowest BCUT2D eigenvalue weighted by Gasteiger charge is -2.09. The van der Waals surface area contributed by atoms with Crippen molar-refractivity contribution in [2.75, 3.05) is 19.6 Å². The number of hydrogen-bond donors (Lipinski definition) is 3. The second-order valence-electron chi connectivity index (χ2n) is 3.96. The SMILES string of the molecule is CCCNCCNC(=O)c1cccc(O)c1C. The molecule has 0 atom stereocenters. The Morgan fingerprint density at radius 2 is 2.06 bits per heavy atom. The summed E-state index contributed by atoms with van der Waals surface area (Å²) < 4.78 is 0. The van der Waals surface area contributed by atoms with Gasteiger partial charge in [0.25, 0.3) is 5.91 Å². The fraction of sp³-hybridized carbons (Fsp3) is 0.462. The molecule has 0 radical (unpaired) electrons. The van der Waals surface area contributed by atoms with Crippen LogP contribution in [0.3, 0.4) is 0 Å². The summed E-state index contributed by atoms with van der Waals surface area (Å²) >= 11 is 0. The number of hydrogen-bond acceptors (Lipinski definition) is 3. The number of carbonyl (C=O) groups excluding carboxylic acids is 1. The molecule has 0 saturated heterocycles. The Kier molecular flexibility index (Phi) is 5.49. The fourth-order valence-corrected chi connectivity index (χ4v) is 1.53. The first-order valence-corrected chi connectivity index (χ1v) is 5.94. The van der Waals surface area contributed by atoms with Crippen LogP contribution in [0.1, 0.15) is 29.3 Å². The van der Waals surface area contributed by atoms with E-state index in [4.69, 9.17) is 0 Å². The first-order chi connectivity index (χ1) is 8.16. The quantitative estimate of drug-likeness (QED) is 0.655. The van der Waals surface area contributed by atoms with Crippen LogP contribution in [0.15, 0.2) is 18.2 Å². The molecule has 0 aliphatic rings. The maximum Gasteiger partial charge on any atom is 0.251 e. The summed E-state index contributed by atoms with van der Waals surface area (Å²) in [4.78, 5) is 11.8. The average molecular weight is 236 g/mol. The second-order valence-corrected chi connectivity index (χ2v) is 3.96. The smallest absolute Gasteiger partial charge is 0.251 e. The van der Waals surface area contributed by atoms with Crippen LogP contribution in [0.25, 0.3) is 0 Å². The highest BCUT2D eigenvalue weighted by molar-refractivity contribution is 5.96. The van der Waals surface area contributed by atoms with Crippen molar-refractivity contribution in [2.24, 2.45) is 0 Å². The summed E-state index contributed by atoms with van der Waals surface area (Å²) in [6.07, 6.45) is 1.08. The molecule has 0 bridgehead atoms. The molecule has 4 nitrogen and oxygen atoms in total. The topological polar surface area (TPSA) is 61.4 Å². The van der Waals surface area contributed by atoms with E-state index in [0.717, 1.165) is 19.5 Å². The lowest BCUT2D eigenvalue weighted by Crippen LogP contribution is -2.32. The van der Waals surface area contributed by atoms with Crippen molar-refractivity contribution in [1.29, 1.82) is 0 Å². The minimum absolute atomic E-state index is 0.142. The van der Waals surface area contributed by atoms with Gasteiger partial charge in [0, 0.05) is 24.2 Å². The van der Waals surface area contributed by atoms with Gasteiger partial charge in [-0.15, -0.1) is 0 Å². The summed E-state index contributed by atoms with van der Waals surface area (Å²) in [5, 5.41) is 15.5. The molecule has 4 heteroatoms. The summed E-state index contributed by atoms with van der Waals surface area (Å²) in [7, 11) is 0. The van der Waals surface area contributed by atoms with Gasteiger partial charge < -0.3 is 15.7 Å². The highest BCUT2D eigenvalue weighted by Gasteiger charge is 2.10. The molecule has 0 saturated carbocycles. The highest BCUT2D eigenvalue weighted by atomic mass is 16.3. The number of carbonyl (C=O) groups is 1. The first kappa shape index (κ1) is 13.5. The number of amides is 1. The average Bonchev–Trinajstić information content (AvgIpc) is 2.32. The molecule has 17 heavy (non-hydrogen) atoms. The van der Waals surface area contributed by atoms with E-state index in [9.17, 15) is 9.90 Å². The van der Waals surface area contributed by atoms with Gasteiger partial charge in [-0.05, 0) is 32.0 Å². The monoisotopic (exact) mass is 236 g/mol. The van der Waals surface area contributed by atoms with Crippen molar-refractivity contribution in [3.63, 3.8) is 0 Å². The lowest BCUT2D eigenvalue weighted by atomic mass is 10.1. The molecular formula is C13H20N2O2. The van der Waals surface area contributed by atoms with Gasteiger partial charge in [-0.3, -0.25) is 4.79 Å². The van der Waals surface area contributed by atoms with Crippen molar-refractivity contribution in [2.45, 2.75) is 20.3 Å². The maximum absolute atomic E-state index is 11.8. The highest BCUT2D eigenvalue weighted by Crippen LogP contribution is 2.19. The predicted octanol–water partition coefficient (Wildman–Crippen LogP) is 1.43. The second kappa shape index (κ2) is 6.91. The maximum atomic E-state index is 11.8. The first-order valence-electron chi connectivity index (χ1n) is 5.94. The van der Waals surface area contributed by atoms with Gasteiger partial charge in [-0.25, -0.2) is 0 Å². The third-order valence-electron chi connectivity index (χ3n) is 2.56. The van der Waals surface area contributed by atoms with Gasteiger partial charge in [0.05, 0.1) is 0 Å². The summed E-state index contributed by atoms with van der Waals surface area (Å²) in [6, 6.07) is 4.96. The van der Waals surface area contributed by atoms with Crippen molar-refractivity contribution in [3.05, 3.63) is 29.3 Å². The molecule has 1 aromatic rings. The van der Waals surface area contributed by atoms with E-state index >= 15 is 0 Å². The largest absolute Gasteiger partial charge is 0.508 e. The summed E-state index contributed by atoms with van der Waals surface area (Å²) in [5.41, 5.74) is 1.15. The zero-order valence-corrected chi connectivity index (χ0v) is 10.4. The molecule has 0 heterocycles. The van der Waals surface area contributed by atoms with Crippen LogP contribution in [-0.4, -0.2) is 30.6 Å². The van der Waals surface area contributed by atoms with Crippen LogP contribution in [0.4, 0.5) is 0 Å². The number of phenols is 1. The molecule has 3 N–H and O–H groups in total. The predicted molar refractivity (Wildman–Crippen MR) is 68.3 cm³/mol. The molecule has 1 aromatic carbocycles. The van der Waals surface area contributed by atoms with Crippen molar-refractivity contribution < 1.29 is 9.90 Å². The Hall–Kier alpha value is -1.55. The van der Waals surface area contributed by atoms with Gasteiger partial charge in [0.2, 0.25) is 0 Å². The van der Waals surface area contributed by atoms with Crippen LogP contribution < -0.4 is 10.6 Å². The Bertz CT molecular complexity index is 378. The van der Waals surface area contributed by atoms with E-state index in [2.05, 4.69) is 17.6 Å². The van der Waals surface area contributed by atoms with Crippen LogP contribution in [0.5, 0.6) is 5.75 Å². The number of nitrogens with one attached hydrogen (secondary N) is 2. The standard InChI is InChI=1S/C13H20N2O2/c1-3-7-14-8-9-15-13(17)11-5-4-6-12(16)10(11)2/h4-6,14,16H,3,7-9H2,1-2H3,(H,15,17). The Morgan fingerprint density at radius 3 is 2.76 bits per heavy atom. The van der Waals surface area contributed by atoms with E-state index in [1.54, 1.807) is 25.1 Å². The third kappa shape index (κ3) is 4.07. The van der Waals surface area contributed by atoms with Crippen molar-refractivity contribution in [3.8, 4) is 5.75 Å². The molecule has 0 aromatic heterocycles.